The average molecular weight is 390 g/mol. The molecule has 1 aromatic heterocycles. The number of likely N-dealkylation sites (N-methyl/N-ethyl adjacent to an activating group) is 1. The summed E-state index contributed by atoms with van der Waals surface area (Å²) in [6.07, 6.45) is 0. The van der Waals surface area contributed by atoms with E-state index in [9.17, 15) is 0 Å². The second kappa shape index (κ2) is 7.61. The molecule has 0 spiro atoms. The molecule has 0 aliphatic heterocycles. The number of rotatable bonds is 6. The second-order valence-electron chi connectivity index (χ2n) is 4.76. The largest absolute Gasteiger partial charge is 0.496 e. The zero-order valence-electron chi connectivity index (χ0n) is 12.0. The minimum atomic E-state index is 0.0818. The predicted molar refractivity (Wildman–Crippen MR) is 93.3 cm³/mol. The Labute approximate surface area is 142 Å². The highest BCUT2D eigenvalue weighted by Gasteiger charge is 2.20. The molecule has 0 saturated heterocycles. The van der Waals surface area contributed by atoms with Crippen LogP contribution < -0.4 is 10.5 Å². The van der Waals surface area contributed by atoms with Crippen molar-refractivity contribution in [3.63, 3.8) is 0 Å². The van der Waals surface area contributed by atoms with Crippen molar-refractivity contribution < 1.29 is 4.74 Å². The van der Waals surface area contributed by atoms with Gasteiger partial charge in [-0.1, -0.05) is 27.5 Å². The van der Waals surface area contributed by atoms with Crippen LogP contribution in [-0.2, 0) is 6.54 Å². The second-order valence-corrected chi connectivity index (χ2v) is 7.47. The summed E-state index contributed by atoms with van der Waals surface area (Å²) < 4.78 is 7.29. The normalized spacial score (nSPS) is 12.7. The van der Waals surface area contributed by atoms with Crippen LogP contribution in [0.5, 0.6) is 5.75 Å². The van der Waals surface area contributed by atoms with Crippen LogP contribution >= 0.6 is 38.9 Å². The maximum Gasteiger partial charge on any atom is 0.123 e. The number of nitrogens with zero attached hydrogens (tertiary/aromatic N) is 1. The molecular formula is C15H18BrClN2OS. The molecule has 1 atom stereocenters. The van der Waals surface area contributed by atoms with Gasteiger partial charge in [0.25, 0.3) is 0 Å². The van der Waals surface area contributed by atoms with Crippen LogP contribution in [0.25, 0.3) is 0 Å². The van der Waals surface area contributed by atoms with Crippen LogP contribution in [0.15, 0.2) is 34.8 Å². The number of benzene rings is 1. The van der Waals surface area contributed by atoms with Crippen molar-refractivity contribution >= 4 is 38.9 Å². The smallest absolute Gasteiger partial charge is 0.123 e. The molecule has 0 aliphatic rings. The van der Waals surface area contributed by atoms with Crippen LogP contribution in [0.3, 0.4) is 0 Å². The van der Waals surface area contributed by atoms with E-state index in [-0.39, 0.29) is 6.04 Å². The maximum atomic E-state index is 6.00. The third-order valence-corrected chi connectivity index (χ3v) is 5.05. The third-order valence-electron chi connectivity index (χ3n) is 3.34. The standard InChI is InChI=1S/C15H18BrClN2OS/c1-19(9-11-4-6-15(17)21-11)13(8-18)12-7-10(16)3-5-14(12)20-2/h3-7,13H,8-9,18H2,1-2H3. The first-order chi connectivity index (χ1) is 10.0. The summed E-state index contributed by atoms with van der Waals surface area (Å²) in [5, 5.41) is 0. The first kappa shape index (κ1) is 16.8. The highest BCUT2D eigenvalue weighted by Crippen LogP contribution is 2.32. The van der Waals surface area contributed by atoms with Crippen molar-refractivity contribution in [3.8, 4) is 5.75 Å². The molecule has 0 fully saturated rings. The lowest BCUT2D eigenvalue weighted by Gasteiger charge is -2.28. The van der Waals surface area contributed by atoms with Crippen LogP contribution in [0.1, 0.15) is 16.5 Å². The lowest BCUT2D eigenvalue weighted by Crippen LogP contribution is -2.30. The van der Waals surface area contributed by atoms with Crippen LogP contribution in [-0.4, -0.2) is 25.6 Å². The number of ether oxygens (including phenoxy) is 1. The van der Waals surface area contributed by atoms with Crippen LogP contribution in [0.4, 0.5) is 0 Å². The van der Waals surface area contributed by atoms with Gasteiger partial charge in [0.15, 0.2) is 0 Å². The molecule has 0 amide bonds. The summed E-state index contributed by atoms with van der Waals surface area (Å²) in [4.78, 5) is 3.43. The van der Waals surface area contributed by atoms with Gasteiger partial charge in [0.2, 0.25) is 0 Å². The Hall–Kier alpha value is -0.590. The topological polar surface area (TPSA) is 38.5 Å². The maximum absolute atomic E-state index is 6.00. The van der Waals surface area contributed by atoms with Crippen LogP contribution in [0, 0.1) is 0 Å². The zero-order valence-corrected chi connectivity index (χ0v) is 15.1. The van der Waals surface area contributed by atoms with E-state index in [1.54, 1.807) is 18.4 Å². The number of nitrogens with two attached hydrogens (primary N) is 1. The Morgan fingerprint density at radius 2 is 2.14 bits per heavy atom. The third kappa shape index (κ3) is 4.20. The van der Waals surface area contributed by atoms with Gasteiger partial charge in [-0.3, -0.25) is 4.90 Å². The lowest BCUT2D eigenvalue weighted by atomic mass is 10.0. The first-order valence-electron chi connectivity index (χ1n) is 6.53. The van der Waals surface area contributed by atoms with Crippen LogP contribution in [0.2, 0.25) is 4.34 Å². The summed E-state index contributed by atoms with van der Waals surface area (Å²) in [6, 6.07) is 10.0. The molecule has 0 saturated carbocycles. The van der Waals surface area contributed by atoms with Gasteiger partial charge in [0, 0.05) is 28.0 Å². The molecule has 3 nitrogen and oxygen atoms in total. The molecule has 114 valence electrons. The van der Waals surface area contributed by atoms with E-state index >= 15 is 0 Å². The van der Waals surface area contributed by atoms with E-state index in [1.165, 1.54) is 4.88 Å². The summed E-state index contributed by atoms with van der Waals surface area (Å²) >= 11 is 11.1. The number of thiophene rings is 1. The minimum Gasteiger partial charge on any atom is -0.496 e. The molecule has 6 heteroatoms. The van der Waals surface area contributed by atoms with Gasteiger partial charge >= 0.3 is 0 Å². The number of hydrogen-bond donors (Lipinski definition) is 1. The molecule has 21 heavy (non-hydrogen) atoms. The Bertz CT molecular complexity index is 605. The van der Waals surface area contributed by atoms with Crippen molar-refractivity contribution in [3.05, 3.63) is 49.6 Å². The average Bonchev–Trinajstić information content (AvgIpc) is 2.85. The predicted octanol–water partition coefficient (Wildman–Crippen LogP) is 4.30. The van der Waals surface area contributed by atoms with Gasteiger partial charge in [-0.2, -0.15) is 0 Å². The summed E-state index contributed by atoms with van der Waals surface area (Å²) in [5.74, 6) is 0.852. The molecule has 1 heterocycles. The number of methoxy groups -OCH3 is 1. The molecule has 0 aliphatic carbocycles. The van der Waals surface area contributed by atoms with Gasteiger partial charge in [-0.15, -0.1) is 11.3 Å². The summed E-state index contributed by atoms with van der Waals surface area (Å²) in [7, 11) is 3.74. The molecular weight excluding hydrogens is 372 g/mol. The van der Waals surface area contributed by atoms with Gasteiger partial charge in [-0.25, -0.2) is 0 Å². The fourth-order valence-corrected chi connectivity index (χ4v) is 3.83. The molecule has 2 N–H and O–H groups in total. The summed E-state index contributed by atoms with van der Waals surface area (Å²) in [6.45, 7) is 1.32. The zero-order chi connectivity index (χ0) is 15.4. The fourth-order valence-electron chi connectivity index (χ4n) is 2.30. The lowest BCUT2D eigenvalue weighted by molar-refractivity contribution is 0.238. The molecule has 0 radical (unpaired) electrons. The monoisotopic (exact) mass is 388 g/mol. The van der Waals surface area contributed by atoms with E-state index in [2.05, 4.69) is 40.0 Å². The van der Waals surface area contributed by atoms with E-state index in [0.717, 1.165) is 26.7 Å². The highest BCUT2D eigenvalue weighted by molar-refractivity contribution is 9.10. The summed E-state index contributed by atoms with van der Waals surface area (Å²) in [5.41, 5.74) is 7.09. The van der Waals surface area contributed by atoms with Gasteiger partial charge in [0.1, 0.15) is 5.75 Å². The Kier molecular flexibility index (Phi) is 6.08. The Balaban J connectivity index is 2.24. The van der Waals surface area contributed by atoms with Crippen molar-refractivity contribution in [2.24, 2.45) is 5.73 Å². The number of halogens is 2. The van der Waals surface area contributed by atoms with Gasteiger partial charge in [-0.05, 0) is 37.4 Å². The van der Waals surface area contributed by atoms with E-state index in [4.69, 9.17) is 22.1 Å². The molecule has 0 bridgehead atoms. The number of hydrogen-bond acceptors (Lipinski definition) is 4. The van der Waals surface area contributed by atoms with E-state index < -0.39 is 0 Å². The Morgan fingerprint density at radius 3 is 2.71 bits per heavy atom. The first-order valence-corrected chi connectivity index (χ1v) is 8.52. The van der Waals surface area contributed by atoms with Crippen molar-refractivity contribution in [2.75, 3.05) is 20.7 Å². The molecule has 1 aromatic carbocycles. The van der Waals surface area contributed by atoms with E-state index in [0.29, 0.717) is 6.54 Å². The van der Waals surface area contributed by atoms with Crippen molar-refractivity contribution in [1.29, 1.82) is 0 Å². The molecule has 2 aromatic rings. The van der Waals surface area contributed by atoms with Crippen molar-refractivity contribution in [1.82, 2.24) is 4.90 Å². The highest BCUT2D eigenvalue weighted by atomic mass is 79.9. The molecule has 1 unspecified atom stereocenters. The Morgan fingerprint density at radius 1 is 1.38 bits per heavy atom. The van der Waals surface area contributed by atoms with Crippen molar-refractivity contribution in [2.45, 2.75) is 12.6 Å². The SMILES string of the molecule is COc1ccc(Br)cc1C(CN)N(C)Cc1ccc(Cl)s1. The van der Waals surface area contributed by atoms with Gasteiger partial charge in [0.05, 0.1) is 17.5 Å². The van der Waals surface area contributed by atoms with E-state index in [1.807, 2.05) is 18.2 Å². The van der Waals surface area contributed by atoms with Gasteiger partial charge < -0.3 is 10.5 Å². The fraction of sp³-hybridized carbons (Fsp3) is 0.333. The molecule has 2 rings (SSSR count). The quantitative estimate of drug-likeness (QED) is 0.800. The minimum absolute atomic E-state index is 0.0818.